The van der Waals surface area contributed by atoms with E-state index >= 15 is 0 Å². The Kier molecular flexibility index (Phi) is 5.99. The molecule has 2 aliphatic carbocycles. The average molecular weight is 513 g/mol. The van der Waals surface area contributed by atoms with Gasteiger partial charge in [0.1, 0.15) is 30.0 Å². The molecular weight excluding hydrogens is 484 g/mol. The van der Waals surface area contributed by atoms with Crippen molar-refractivity contribution in [2.45, 2.75) is 81.7 Å². The first kappa shape index (κ1) is 25.8. The van der Waals surface area contributed by atoms with Crippen LogP contribution in [0.15, 0.2) is 24.3 Å². The van der Waals surface area contributed by atoms with Gasteiger partial charge in [0.25, 0.3) is 0 Å². The van der Waals surface area contributed by atoms with Crippen LogP contribution in [0.4, 0.5) is 0 Å². The number of carbonyl (C=O) groups is 4. The predicted octanol–water partition coefficient (Wildman–Crippen LogP) is 0.599. The third kappa shape index (κ3) is 3.64. The third-order valence-electron chi connectivity index (χ3n) is 7.88. The van der Waals surface area contributed by atoms with E-state index in [1.807, 2.05) is 0 Å². The van der Waals surface area contributed by atoms with Crippen molar-refractivity contribution in [2.24, 2.45) is 17.3 Å². The number of ether oxygens (including phenoxy) is 4. The van der Waals surface area contributed by atoms with Gasteiger partial charge in [-0.15, -0.1) is 11.6 Å². The fourth-order valence-electron chi connectivity index (χ4n) is 5.98. The molecule has 1 saturated carbocycles. The molecule has 4 aliphatic rings. The van der Waals surface area contributed by atoms with Crippen LogP contribution in [0.5, 0.6) is 0 Å². The van der Waals surface area contributed by atoms with E-state index < -0.39 is 88.0 Å². The minimum absolute atomic E-state index is 0.269. The molecule has 0 unspecified atom stereocenters. The van der Waals surface area contributed by atoms with Crippen LogP contribution in [0.25, 0.3) is 0 Å². The Labute approximate surface area is 207 Å². The van der Waals surface area contributed by atoms with E-state index in [0.29, 0.717) is 0 Å². The van der Waals surface area contributed by atoms with Crippen molar-refractivity contribution >= 4 is 35.3 Å². The Hall–Kier alpha value is -2.27. The topological polar surface area (TPSA) is 149 Å². The number of hydrogen-bond acceptors (Lipinski definition) is 10. The first-order valence-corrected chi connectivity index (χ1v) is 11.7. The quantitative estimate of drug-likeness (QED) is 0.177. The van der Waals surface area contributed by atoms with Crippen LogP contribution in [-0.2, 0) is 38.1 Å². The number of aliphatic hydroxyl groups is 2. The molecule has 3 fully saturated rings. The Morgan fingerprint density at radius 2 is 1.69 bits per heavy atom. The second kappa shape index (κ2) is 8.12. The molecule has 0 aromatic heterocycles. The van der Waals surface area contributed by atoms with Gasteiger partial charge in [0.2, 0.25) is 0 Å². The van der Waals surface area contributed by atoms with Gasteiger partial charge >= 0.3 is 17.9 Å². The van der Waals surface area contributed by atoms with Gasteiger partial charge in [-0.2, -0.15) is 0 Å². The highest BCUT2D eigenvalue weighted by Gasteiger charge is 2.73. The zero-order valence-corrected chi connectivity index (χ0v) is 20.8. The number of carbonyl (C=O) groups excluding carboxylic acids is 4. The molecule has 0 amide bonds. The second-order valence-electron chi connectivity index (χ2n) is 10.2. The summed E-state index contributed by atoms with van der Waals surface area (Å²) in [6.07, 6.45) is -3.13. The van der Waals surface area contributed by atoms with E-state index in [1.54, 1.807) is 6.92 Å². The summed E-state index contributed by atoms with van der Waals surface area (Å²) in [7, 11) is 0. The molecule has 11 atom stereocenters. The van der Waals surface area contributed by atoms with Gasteiger partial charge in [-0.3, -0.25) is 19.2 Å². The Bertz CT molecular complexity index is 1040. The summed E-state index contributed by atoms with van der Waals surface area (Å²) in [5.74, 6) is -5.72. The molecule has 0 radical (unpaired) electrons. The number of ketones is 1. The van der Waals surface area contributed by atoms with Crippen LogP contribution in [0.1, 0.15) is 34.6 Å². The van der Waals surface area contributed by atoms with Crippen molar-refractivity contribution in [3.8, 4) is 0 Å². The van der Waals surface area contributed by atoms with Crippen molar-refractivity contribution < 1.29 is 48.3 Å². The smallest absolute Gasteiger partial charge is 0.312 e. The maximum absolute atomic E-state index is 12.9. The maximum atomic E-state index is 12.9. The second-order valence-corrected chi connectivity index (χ2v) is 10.7. The van der Waals surface area contributed by atoms with E-state index in [0.717, 1.165) is 13.0 Å². The number of halogens is 1. The number of epoxide rings is 1. The number of alkyl halides is 1. The Morgan fingerprint density at radius 3 is 2.26 bits per heavy atom. The standard InChI is InChI=1S/C24H29ClO10/c1-9-14(25)18-24(31,10(2)21(29)35-18)20(33-12(4)27)17-22(5,8-7-13(28)23(17,6)30)19(32-11(3)26)16-15(9)34-16/h7-8,10,14-20,30-31H,1H2,2-6H3/t10-,14-,15+,16+,17+,18-,19-,20-,22-,23+,24-/m0/s1. The largest absolute Gasteiger partial charge is 0.459 e. The van der Waals surface area contributed by atoms with Crippen molar-refractivity contribution in [1.82, 2.24) is 0 Å². The molecule has 0 bridgehead atoms. The number of hydrogen-bond donors (Lipinski definition) is 2. The van der Waals surface area contributed by atoms with E-state index in [-0.39, 0.29) is 5.57 Å². The highest BCUT2D eigenvalue weighted by atomic mass is 35.5. The molecule has 0 spiro atoms. The molecule has 10 nitrogen and oxygen atoms in total. The first-order chi connectivity index (χ1) is 16.1. The Balaban J connectivity index is 2.04. The summed E-state index contributed by atoms with van der Waals surface area (Å²) in [4.78, 5) is 50.1. The van der Waals surface area contributed by atoms with E-state index in [4.69, 9.17) is 30.5 Å². The van der Waals surface area contributed by atoms with Crippen LogP contribution in [0.2, 0.25) is 0 Å². The fraction of sp³-hybridized carbons (Fsp3) is 0.667. The van der Waals surface area contributed by atoms with Gasteiger partial charge in [0, 0.05) is 25.2 Å². The third-order valence-corrected chi connectivity index (χ3v) is 8.39. The lowest BCUT2D eigenvalue weighted by Gasteiger charge is -2.54. The van der Waals surface area contributed by atoms with Gasteiger partial charge in [0.05, 0.1) is 11.3 Å². The summed E-state index contributed by atoms with van der Waals surface area (Å²) in [6, 6.07) is 0. The minimum atomic E-state index is -2.29. The average Bonchev–Trinajstić information content (AvgIpc) is 3.50. The van der Waals surface area contributed by atoms with Gasteiger partial charge in [0.15, 0.2) is 17.5 Å². The highest BCUT2D eigenvalue weighted by molar-refractivity contribution is 6.23. The van der Waals surface area contributed by atoms with Gasteiger partial charge in [-0.05, 0) is 25.5 Å². The lowest BCUT2D eigenvalue weighted by atomic mass is 9.54. The highest BCUT2D eigenvalue weighted by Crippen LogP contribution is 2.57. The molecule has 2 saturated heterocycles. The minimum Gasteiger partial charge on any atom is -0.459 e. The zero-order chi connectivity index (χ0) is 26.2. The molecular formula is C24H29ClO10. The number of rotatable bonds is 2. The summed E-state index contributed by atoms with van der Waals surface area (Å²) in [5, 5.41) is 22.5. The summed E-state index contributed by atoms with van der Waals surface area (Å²) < 4.78 is 22.6. The molecule has 2 heterocycles. The zero-order valence-electron chi connectivity index (χ0n) is 20.0. The molecule has 35 heavy (non-hydrogen) atoms. The monoisotopic (exact) mass is 512 g/mol. The fourth-order valence-corrected chi connectivity index (χ4v) is 6.35. The lowest BCUT2D eigenvalue weighted by Crippen LogP contribution is -2.70. The van der Waals surface area contributed by atoms with Crippen LogP contribution >= 0.6 is 11.6 Å². The SMILES string of the molecule is C=C1[C@H]2O[C@H]2[C@H](OC(C)=O)[C@@]2(C)C=CC(=O)[C@@](C)(O)[C@@H]2[C@H](OC(C)=O)[C@]2(O)[C@@H](C)C(=O)O[C@H]2[C@H]1Cl. The van der Waals surface area contributed by atoms with Crippen LogP contribution in [0.3, 0.4) is 0 Å². The molecule has 192 valence electrons. The van der Waals surface area contributed by atoms with Crippen molar-refractivity contribution in [2.75, 3.05) is 0 Å². The van der Waals surface area contributed by atoms with Crippen molar-refractivity contribution in [3.63, 3.8) is 0 Å². The lowest BCUT2D eigenvalue weighted by molar-refractivity contribution is -0.228. The van der Waals surface area contributed by atoms with E-state index in [1.165, 1.54) is 26.8 Å². The van der Waals surface area contributed by atoms with Gasteiger partial charge in [-0.1, -0.05) is 19.6 Å². The van der Waals surface area contributed by atoms with E-state index in [9.17, 15) is 29.4 Å². The van der Waals surface area contributed by atoms with Gasteiger partial charge in [-0.25, -0.2) is 0 Å². The summed E-state index contributed by atoms with van der Waals surface area (Å²) >= 11 is 6.67. The van der Waals surface area contributed by atoms with Crippen LogP contribution in [0, 0.1) is 17.3 Å². The Morgan fingerprint density at radius 1 is 1.11 bits per heavy atom. The first-order valence-electron chi connectivity index (χ1n) is 11.3. The van der Waals surface area contributed by atoms with Crippen LogP contribution < -0.4 is 0 Å². The number of esters is 3. The van der Waals surface area contributed by atoms with Crippen molar-refractivity contribution in [3.05, 3.63) is 24.3 Å². The molecule has 11 heteroatoms. The molecule has 0 aromatic carbocycles. The van der Waals surface area contributed by atoms with E-state index in [2.05, 4.69) is 6.58 Å². The maximum Gasteiger partial charge on any atom is 0.312 e. The normalized spacial score (nSPS) is 48.7. The van der Waals surface area contributed by atoms with Crippen LogP contribution in [-0.4, -0.2) is 81.0 Å². The van der Waals surface area contributed by atoms with Crippen molar-refractivity contribution in [1.29, 1.82) is 0 Å². The van der Waals surface area contributed by atoms with Gasteiger partial charge < -0.3 is 29.2 Å². The molecule has 4 rings (SSSR count). The summed E-state index contributed by atoms with van der Waals surface area (Å²) in [5.41, 5.74) is -5.67. The molecule has 2 aliphatic heterocycles. The summed E-state index contributed by atoms with van der Waals surface area (Å²) in [6.45, 7) is 10.5. The molecule has 0 aromatic rings. The predicted molar refractivity (Wildman–Crippen MR) is 119 cm³/mol. The number of fused-ring (bicyclic) bond motifs is 3. The molecule has 2 N–H and O–H groups in total.